The lowest BCUT2D eigenvalue weighted by Crippen LogP contribution is -2.20. The van der Waals surface area contributed by atoms with E-state index in [1.165, 1.54) is 0 Å². The molecular weight excluding hydrogens is 354 g/mol. The Labute approximate surface area is 136 Å². The number of nitrogens with two attached hydrogens (primary N) is 1. The molecule has 1 atom stereocenters. The summed E-state index contributed by atoms with van der Waals surface area (Å²) in [6.07, 6.45) is 1.33. The summed E-state index contributed by atoms with van der Waals surface area (Å²) in [4.78, 5) is 0. The number of benzene rings is 1. The van der Waals surface area contributed by atoms with Crippen molar-refractivity contribution in [1.29, 1.82) is 0 Å². The van der Waals surface area contributed by atoms with Gasteiger partial charge in [-0.2, -0.15) is 0 Å². The number of hydrogen-bond donors (Lipinski definition) is 1. The average Bonchev–Trinajstić information content (AvgIpc) is 2.31. The molecule has 120 valence electrons. The van der Waals surface area contributed by atoms with E-state index < -0.39 is 9.84 Å². The SMILES string of the molecule is CCCS(=O)(=O)CCOc1c(C)cc(Br)cc1CC(C)N. The molecule has 6 heteroatoms. The van der Waals surface area contributed by atoms with Crippen LogP contribution in [0.5, 0.6) is 5.75 Å². The molecule has 0 radical (unpaired) electrons. The summed E-state index contributed by atoms with van der Waals surface area (Å²) in [5.41, 5.74) is 7.85. The highest BCUT2D eigenvalue weighted by atomic mass is 79.9. The maximum atomic E-state index is 11.7. The largest absolute Gasteiger partial charge is 0.492 e. The first kappa shape index (κ1) is 18.5. The maximum absolute atomic E-state index is 11.7. The summed E-state index contributed by atoms with van der Waals surface area (Å²) in [6, 6.07) is 3.96. The molecule has 1 rings (SSSR count). The van der Waals surface area contributed by atoms with Crippen LogP contribution >= 0.6 is 15.9 Å². The van der Waals surface area contributed by atoms with Gasteiger partial charge in [0.1, 0.15) is 12.4 Å². The van der Waals surface area contributed by atoms with Crippen molar-refractivity contribution in [3.63, 3.8) is 0 Å². The second-order valence-electron chi connectivity index (χ2n) is 5.39. The van der Waals surface area contributed by atoms with Crippen LogP contribution in [-0.2, 0) is 16.3 Å². The van der Waals surface area contributed by atoms with Crippen molar-refractivity contribution in [2.24, 2.45) is 5.73 Å². The van der Waals surface area contributed by atoms with Gasteiger partial charge in [-0.3, -0.25) is 0 Å². The third-order valence-electron chi connectivity index (χ3n) is 3.01. The van der Waals surface area contributed by atoms with Crippen LogP contribution in [-0.4, -0.2) is 32.6 Å². The van der Waals surface area contributed by atoms with Crippen molar-refractivity contribution >= 4 is 25.8 Å². The van der Waals surface area contributed by atoms with Crippen molar-refractivity contribution < 1.29 is 13.2 Å². The first-order valence-corrected chi connectivity index (χ1v) is 9.74. The molecule has 0 saturated carbocycles. The van der Waals surface area contributed by atoms with E-state index >= 15 is 0 Å². The van der Waals surface area contributed by atoms with Gasteiger partial charge in [-0.05, 0) is 49.9 Å². The van der Waals surface area contributed by atoms with E-state index in [0.29, 0.717) is 12.8 Å². The molecule has 0 aliphatic carbocycles. The number of aryl methyl sites for hydroxylation is 1. The minimum atomic E-state index is -3.02. The van der Waals surface area contributed by atoms with Gasteiger partial charge in [0, 0.05) is 10.5 Å². The number of rotatable bonds is 8. The van der Waals surface area contributed by atoms with Crippen LogP contribution in [0.4, 0.5) is 0 Å². The molecule has 0 bridgehead atoms. The molecule has 21 heavy (non-hydrogen) atoms. The Hall–Kier alpha value is -0.590. The topological polar surface area (TPSA) is 69.4 Å². The minimum Gasteiger partial charge on any atom is -0.492 e. The predicted octanol–water partition coefficient (Wildman–Crippen LogP) is 2.85. The normalized spacial score (nSPS) is 13.2. The highest BCUT2D eigenvalue weighted by Gasteiger charge is 2.14. The smallest absolute Gasteiger partial charge is 0.153 e. The van der Waals surface area contributed by atoms with Gasteiger partial charge in [-0.15, -0.1) is 0 Å². The second-order valence-corrected chi connectivity index (χ2v) is 8.61. The fourth-order valence-electron chi connectivity index (χ4n) is 2.19. The van der Waals surface area contributed by atoms with Gasteiger partial charge in [-0.1, -0.05) is 22.9 Å². The Morgan fingerprint density at radius 1 is 1.33 bits per heavy atom. The zero-order valence-corrected chi connectivity index (χ0v) is 15.3. The van der Waals surface area contributed by atoms with Crippen LogP contribution in [0.25, 0.3) is 0 Å². The lowest BCUT2D eigenvalue weighted by Gasteiger charge is -2.16. The molecule has 1 unspecified atom stereocenters. The molecule has 0 heterocycles. The lowest BCUT2D eigenvalue weighted by molar-refractivity contribution is 0.334. The molecule has 0 aliphatic rings. The van der Waals surface area contributed by atoms with E-state index in [-0.39, 0.29) is 24.2 Å². The molecule has 0 amide bonds. The molecule has 0 aromatic heterocycles. The highest BCUT2D eigenvalue weighted by molar-refractivity contribution is 9.10. The first-order chi connectivity index (χ1) is 9.75. The molecular formula is C15H24BrNO3S. The van der Waals surface area contributed by atoms with Crippen LogP contribution in [0.3, 0.4) is 0 Å². The standard InChI is InChI=1S/C15H24BrNO3S/c1-4-6-21(18,19)7-5-20-15-11(2)8-14(16)10-13(15)9-12(3)17/h8,10,12H,4-7,9,17H2,1-3H3. The minimum absolute atomic E-state index is 0.0184. The van der Waals surface area contributed by atoms with Gasteiger partial charge in [-0.25, -0.2) is 8.42 Å². The molecule has 0 saturated heterocycles. The molecule has 1 aromatic rings. The number of ether oxygens (including phenoxy) is 1. The first-order valence-electron chi connectivity index (χ1n) is 7.13. The summed E-state index contributed by atoms with van der Waals surface area (Å²) in [5, 5.41) is 0. The number of halogens is 1. The fraction of sp³-hybridized carbons (Fsp3) is 0.600. The van der Waals surface area contributed by atoms with Crippen LogP contribution in [0.2, 0.25) is 0 Å². The van der Waals surface area contributed by atoms with E-state index in [1.54, 1.807) is 0 Å². The number of sulfone groups is 1. The van der Waals surface area contributed by atoms with Crippen molar-refractivity contribution in [3.05, 3.63) is 27.7 Å². The predicted molar refractivity (Wildman–Crippen MR) is 90.7 cm³/mol. The summed E-state index contributed by atoms with van der Waals surface area (Å²) in [5.74, 6) is 1.01. The second kappa shape index (κ2) is 8.15. The van der Waals surface area contributed by atoms with Crippen molar-refractivity contribution in [3.8, 4) is 5.75 Å². The van der Waals surface area contributed by atoms with Crippen LogP contribution in [0.1, 0.15) is 31.4 Å². The zero-order valence-electron chi connectivity index (χ0n) is 12.9. The van der Waals surface area contributed by atoms with Crippen molar-refractivity contribution in [2.75, 3.05) is 18.1 Å². The molecule has 2 N–H and O–H groups in total. The van der Waals surface area contributed by atoms with Crippen molar-refractivity contribution in [2.45, 2.75) is 39.7 Å². The van der Waals surface area contributed by atoms with Crippen LogP contribution in [0.15, 0.2) is 16.6 Å². The summed E-state index contributed by atoms with van der Waals surface area (Å²) < 4.78 is 30.2. The van der Waals surface area contributed by atoms with Gasteiger partial charge in [0.15, 0.2) is 9.84 Å². The average molecular weight is 378 g/mol. The maximum Gasteiger partial charge on any atom is 0.153 e. The van der Waals surface area contributed by atoms with E-state index in [0.717, 1.165) is 21.3 Å². The zero-order chi connectivity index (χ0) is 16.0. The molecule has 4 nitrogen and oxygen atoms in total. The fourth-order valence-corrected chi connectivity index (χ4v) is 3.97. The van der Waals surface area contributed by atoms with Crippen molar-refractivity contribution in [1.82, 2.24) is 0 Å². The molecule has 0 spiro atoms. The van der Waals surface area contributed by atoms with E-state index in [9.17, 15) is 8.42 Å². The van der Waals surface area contributed by atoms with Gasteiger partial charge >= 0.3 is 0 Å². The Morgan fingerprint density at radius 2 is 2.00 bits per heavy atom. The van der Waals surface area contributed by atoms with E-state index in [1.807, 2.05) is 32.9 Å². The van der Waals surface area contributed by atoms with Crippen LogP contribution in [0, 0.1) is 6.92 Å². The van der Waals surface area contributed by atoms with Gasteiger partial charge in [0.2, 0.25) is 0 Å². The lowest BCUT2D eigenvalue weighted by atomic mass is 10.0. The van der Waals surface area contributed by atoms with E-state index in [2.05, 4.69) is 15.9 Å². The third kappa shape index (κ3) is 6.36. The van der Waals surface area contributed by atoms with Gasteiger partial charge < -0.3 is 10.5 Å². The highest BCUT2D eigenvalue weighted by Crippen LogP contribution is 2.29. The monoisotopic (exact) mass is 377 g/mol. The molecule has 0 aliphatic heterocycles. The van der Waals surface area contributed by atoms with Crippen LogP contribution < -0.4 is 10.5 Å². The Bertz CT molecular complexity index is 571. The molecule has 0 fully saturated rings. The Balaban J connectivity index is 2.82. The third-order valence-corrected chi connectivity index (χ3v) is 5.29. The molecule has 1 aromatic carbocycles. The Kier molecular flexibility index (Phi) is 7.16. The van der Waals surface area contributed by atoms with Gasteiger partial charge in [0.25, 0.3) is 0 Å². The van der Waals surface area contributed by atoms with Gasteiger partial charge in [0.05, 0.1) is 11.5 Å². The summed E-state index contributed by atoms with van der Waals surface area (Å²) in [7, 11) is -3.02. The summed E-state index contributed by atoms with van der Waals surface area (Å²) in [6.45, 7) is 5.92. The van der Waals surface area contributed by atoms with E-state index in [4.69, 9.17) is 10.5 Å². The quantitative estimate of drug-likeness (QED) is 0.755. The Morgan fingerprint density at radius 3 is 2.57 bits per heavy atom. The number of hydrogen-bond acceptors (Lipinski definition) is 4. The summed E-state index contributed by atoms with van der Waals surface area (Å²) >= 11 is 3.47.